The van der Waals surface area contributed by atoms with Gasteiger partial charge in [-0.3, -0.25) is 4.68 Å². The van der Waals surface area contributed by atoms with Crippen molar-refractivity contribution in [2.24, 2.45) is 7.05 Å². The molecule has 0 aliphatic heterocycles. The number of methoxy groups -OCH3 is 1. The van der Waals surface area contributed by atoms with Crippen LogP contribution in [0.5, 0.6) is 5.88 Å². The Labute approximate surface area is 97.3 Å². The van der Waals surface area contributed by atoms with Gasteiger partial charge in [0.2, 0.25) is 5.88 Å². The van der Waals surface area contributed by atoms with Gasteiger partial charge >= 0.3 is 0 Å². The maximum absolute atomic E-state index is 9.30. The Morgan fingerprint density at radius 1 is 1.29 bits per heavy atom. The fourth-order valence-electron chi connectivity index (χ4n) is 1.60. The Morgan fingerprint density at radius 2 is 2.00 bits per heavy atom. The summed E-state index contributed by atoms with van der Waals surface area (Å²) in [5.74, 6) is 0.308. The Bertz CT molecular complexity index is 524. The van der Waals surface area contributed by atoms with Crippen LogP contribution >= 0.6 is 0 Å². The second kappa shape index (κ2) is 4.48. The molecule has 0 spiro atoms. The molecule has 2 aromatic heterocycles. The minimum atomic E-state index is -1.63. The number of aromatic nitrogens is 4. The summed E-state index contributed by atoms with van der Waals surface area (Å²) in [5.41, 5.74) is 1.14. The van der Waals surface area contributed by atoms with Crippen molar-refractivity contribution in [3.05, 3.63) is 24.3 Å². The zero-order valence-corrected chi connectivity index (χ0v) is 9.40. The molecule has 2 N–H and O–H groups in total. The highest BCUT2D eigenvalue weighted by atomic mass is 16.5. The van der Waals surface area contributed by atoms with Crippen LogP contribution in [0.4, 0.5) is 0 Å². The standard InChI is InChI=1S/C10H12N4O3/c1-14-8(10(15)16)6(5-13-14)7-9(17-2)12-4-3-11-7/h3-5,10,15-16H,1-2H3. The first kappa shape index (κ1) is 11.5. The third kappa shape index (κ3) is 1.97. The number of hydrogen-bond acceptors (Lipinski definition) is 6. The predicted molar refractivity (Wildman–Crippen MR) is 58.0 cm³/mol. The average Bonchev–Trinajstić information content (AvgIpc) is 2.71. The number of nitrogens with zero attached hydrogens (tertiary/aromatic N) is 4. The number of ether oxygens (including phenoxy) is 1. The van der Waals surface area contributed by atoms with Gasteiger partial charge in [0.1, 0.15) is 11.4 Å². The summed E-state index contributed by atoms with van der Waals surface area (Å²) < 4.78 is 6.44. The molecule has 0 fully saturated rings. The van der Waals surface area contributed by atoms with Crippen molar-refractivity contribution in [3.63, 3.8) is 0 Å². The van der Waals surface area contributed by atoms with Crippen molar-refractivity contribution >= 4 is 0 Å². The van der Waals surface area contributed by atoms with Gasteiger partial charge in [-0.1, -0.05) is 0 Å². The quantitative estimate of drug-likeness (QED) is 0.721. The van der Waals surface area contributed by atoms with Gasteiger partial charge in [-0.2, -0.15) is 5.10 Å². The van der Waals surface area contributed by atoms with E-state index in [1.165, 1.54) is 30.4 Å². The van der Waals surface area contributed by atoms with E-state index in [2.05, 4.69) is 15.1 Å². The Kier molecular flexibility index (Phi) is 3.03. The van der Waals surface area contributed by atoms with Crippen molar-refractivity contribution in [1.82, 2.24) is 19.7 Å². The molecule has 7 heteroatoms. The molecule has 0 bridgehead atoms. The molecular weight excluding hydrogens is 224 g/mol. The second-order valence-corrected chi connectivity index (χ2v) is 3.35. The van der Waals surface area contributed by atoms with Gasteiger partial charge in [0, 0.05) is 19.4 Å². The van der Waals surface area contributed by atoms with Crippen LogP contribution in [0.15, 0.2) is 18.6 Å². The van der Waals surface area contributed by atoms with Crippen molar-refractivity contribution in [2.45, 2.75) is 6.29 Å². The molecule has 0 unspecified atom stereocenters. The number of aliphatic hydroxyl groups is 2. The molecule has 2 heterocycles. The Morgan fingerprint density at radius 3 is 2.65 bits per heavy atom. The van der Waals surface area contributed by atoms with E-state index in [0.717, 1.165) is 0 Å². The van der Waals surface area contributed by atoms with E-state index in [-0.39, 0.29) is 5.69 Å². The number of aliphatic hydroxyl groups excluding tert-OH is 1. The van der Waals surface area contributed by atoms with Crippen molar-refractivity contribution in [3.8, 4) is 17.1 Å². The second-order valence-electron chi connectivity index (χ2n) is 3.35. The van der Waals surface area contributed by atoms with Gasteiger partial charge in [0.25, 0.3) is 0 Å². The lowest BCUT2D eigenvalue weighted by Crippen LogP contribution is -2.06. The Hall–Kier alpha value is -1.99. The predicted octanol–water partition coefficient (Wildman–Crippen LogP) is -0.131. The van der Waals surface area contributed by atoms with Crippen LogP contribution in [0.25, 0.3) is 11.3 Å². The first-order valence-electron chi connectivity index (χ1n) is 4.88. The van der Waals surface area contributed by atoms with Crippen LogP contribution < -0.4 is 4.74 Å². The van der Waals surface area contributed by atoms with E-state index in [4.69, 9.17) is 4.74 Å². The van der Waals surface area contributed by atoms with Crippen LogP contribution in [0, 0.1) is 0 Å². The highest BCUT2D eigenvalue weighted by Gasteiger charge is 2.20. The summed E-state index contributed by atoms with van der Waals surface area (Å²) in [6, 6.07) is 0. The largest absolute Gasteiger partial charge is 0.479 e. The maximum atomic E-state index is 9.30. The molecule has 2 rings (SSSR count). The molecule has 0 saturated carbocycles. The number of hydrogen-bond donors (Lipinski definition) is 2. The lowest BCUT2D eigenvalue weighted by atomic mass is 10.1. The molecule has 0 amide bonds. The van der Waals surface area contributed by atoms with Gasteiger partial charge in [0.15, 0.2) is 6.29 Å². The van der Waals surface area contributed by atoms with Crippen LogP contribution in [0.3, 0.4) is 0 Å². The van der Waals surface area contributed by atoms with Crippen LogP contribution in [-0.4, -0.2) is 37.1 Å². The molecule has 17 heavy (non-hydrogen) atoms. The van der Waals surface area contributed by atoms with E-state index >= 15 is 0 Å². The molecule has 0 atom stereocenters. The minimum Gasteiger partial charge on any atom is -0.479 e. The third-order valence-electron chi connectivity index (χ3n) is 2.34. The molecule has 0 aliphatic carbocycles. The first-order chi connectivity index (χ1) is 8.15. The van der Waals surface area contributed by atoms with Gasteiger partial charge in [-0.15, -0.1) is 0 Å². The molecule has 0 saturated heterocycles. The average molecular weight is 236 g/mol. The van der Waals surface area contributed by atoms with Crippen LogP contribution in [0.2, 0.25) is 0 Å². The van der Waals surface area contributed by atoms with Gasteiger partial charge in [-0.05, 0) is 0 Å². The van der Waals surface area contributed by atoms with Crippen molar-refractivity contribution in [2.75, 3.05) is 7.11 Å². The van der Waals surface area contributed by atoms with Crippen LogP contribution in [-0.2, 0) is 7.05 Å². The van der Waals surface area contributed by atoms with Crippen molar-refractivity contribution in [1.29, 1.82) is 0 Å². The fourth-order valence-corrected chi connectivity index (χ4v) is 1.60. The third-order valence-corrected chi connectivity index (χ3v) is 2.34. The van der Waals surface area contributed by atoms with Gasteiger partial charge in [-0.25, -0.2) is 9.97 Å². The summed E-state index contributed by atoms with van der Waals surface area (Å²) in [6.45, 7) is 0. The highest BCUT2D eigenvalue weighted by Crippen LogP contribution is 2.30. The summed E-state index contributed by atoms with van der Waals surface area (Å²) in [5, 5.41) is 22.6. The monoisotopic (exact) mass is 236 g/mol. The minimum absolute atomic E-state index is 0.240. The van der Waals surface area contributed by atoms with E-state index in [9.17, 15) is 10.2 Å². The number of aryl methyl sites for hydroxylation is 1. The molecule has 90 valence electrons. The van der Waals surface area contributed by atoms with Gasteiger partial charge < -0.3 is 14.9 Å². The SMILES string of the molecule is COc1nccnc1-c1cnn(C)c1C(O)O. The molecule has 2 aromatic rings. The summed E-state index contributed by atoms with van der Waals surface area (Å²) in [7, 11) is 3.08. The lowest BCUT2D eigenvalue weighted by molar-refractivity contribution is -0.0479. The van der Waals surface area contributed by atoms with E-state index < -0.39 is 6.29 Å². The molecule has 7 nitrogen and oxygen atoms in total. The normalized spacial score (nSPS) is 10.9. The maximum Gasteiger partial charge on any atom is 0.240 e. The summed E-state index contributed by atoms with van der Waals surface area (Å²) in [6.07, 6.45) is 2.84. The lowest BCUT2D eigenvalue weighted by Gasteiger charge is -2.09. The molecule has 0 aromatic carbocycles. The van der Waals surface area contributed by atoms with E-state index in [0.29, 0.717) is 17.1 Å². The first-order valence-corrected chi connectivity index (χ1v) is 4.88. The zero-order valence-electron chi connectivity index (χ0n) is 9.40. The molecule has 0 radical (unpaired) electrons. The van der Waals surface area contributed by atoms with E-state index in [1.54, 1.807) is 7.05 Å². The number of rotatable bonds is 3. The summed E-state index contributed by atoms with van der Waals surface area (Å²) in [4.78, 5) is 8.11. The van der Waals surface area contributed by atoms with Crippen molar-refractivity contribution < 1.29 is 14.9 Å². The Balaban J connectivity index is 2.60. The fraction of sp³-hybridized carbons (Fsp3) is 0.300. The molecular formula is C10H12N4O3. The molecule has 0 aliphatic rings. The smallest absolute Gasteiger partial charge is 0.240 e. The van der Waals surface area contributed by atoms with Crippen LogP contribution in [0.1, 0.15) is 12.0 Å². The van der Waals surface area contributed by atoms with Gasteiger partial charge in [0.05, 0.1) is 18.9 Å². The topological polar surface area (TPSA) is 93.3 Å². The zero-order chi connectivity index (χ0) is 12.4. The highest BCUT2D eigenvalue weighted by molar-refractivity contribution is 5.66. The summed E-state index contributed by atoms with van der Waals surface area (Å²) >= 11 is 0. The van der Waals surface area contributed by atoms with E-state index in [1.807, 2.05) is 0 Å².